The number of nitrogens with zero attached hydrogens (tertiary/aromatic N) is 3. The van der Waals surface area contributed by atoms with Gasteiger partial charge in [-0.05, 0) is 88.7 Å². The number of Topliss-reactive ketones (excluding diaryl/α,β-unsaturated/α-hetero) is 2. The standard InChI is InChI=1S/C52H32ClN3O6S/c1-26-40-41(27(2)48(44(26)53)63-25-28-10-4-3-5-11-28)52(62)56(51(40)61)39-21-18-32(24-55-49(59)34-16-8-14-29-15-9-17-35(42(29)34)50(55)60)33-19-20-38(54-45(33)39)43-46(57)36-22-30-12-6-7-13-31(30)23-37(36)47(43)58/h3-23,43H,24-25H2,1-2H3. The number of thioether (sulfide) groups is 1. The lowest BCUT2D eigenvalue weighted by molar-refractivity contribution is 0.0597. The predicted molar refractivity (Wildman–Crippen MR) is 243 cm³/mol. The Morgan fingerprint density at radius 1 is 0.603 bits per heavy atom. The number of rotatable bonds is 7. The summed E-state index contributed by atoms with van der Waals surface area (Å²) in [5.41, 5.74) is 4.77. The molecule has 11 rings (SSSR count). The van der Waals surface area contributed by atoms with Crippen LogP contribution in [0.2, 0.25) is 5.02 Å². The van der Waals surface area contributed by atoms with Gasteiger partial charge in [-0.3, -0.25) is 33.7 Å². The maximum absolute atomic E-state index is 14.8. The van der Waals surface area contributed by atoms with Crippen molar-refractivity contribution in [2.24, 2.45) is 0 Å². The molecule has 11 heteroatoms. The molecule has 0 radical (unpaired) electrons. The summed E-state index contributed by atoms with van der Waals surface area (Å²) in [6, 6.07) is 38.0. The summed E-state index contributed by atoms with van der Waals surface area (Å²) < 4.78 is 0. The van der Waals surface area contributed by atoms with Crippen LogP contribution in [0.5, 0.6) is 0 Å². The average Bonchev–Trinajstić information content (AvgIpc) is 3.71. The van der Waals surface area contributed by atoms with Crippen LogP contribution in [0.15, 0.2) is 132 Å². The van der Waals surface area contributed by atoms with Crippen molar-refractivity contribution in [2.75, 3.05) is 4.90 Å². The normalized spacial score (nSPS) is 14.8. The third kappa shape index (κ3) is 5.75. The van der Waals surface area contributed by atoms with Crippen LogP contribution < -0.4 is 4.90 Å². The molecule has 0 unspecified atom stereocenters. The van der Waals surface area contributed by atoms with Gasteiger partial charge in [-0.15, -0.1) is 11.8 Å². The molecule has 2 aliphatic heterocycles. The second kappa shape index (κ2) is 14.4. The quantitative estimate of drug-likeness (QED) is 0.0882. The first-order valence-corrected chi connectivity index (χ1v) is 21.7. The molecule has 9 nitrogen and oxygen atoms in total. The van der Waals surface area contributed by atoms with Crippen LogP contribution in [0.3, 0.4) is 0 Å². The summed E-state index contributed by atoms with van der Waals surface area (Å²) in [5, 5.41) is 3.80. The van der Waals surface area contributed by atoms with Gasteiger partial charge in [-0.1, -0.05) is 103 Å². The van der Waals surface area contributed by atoms with E-state index in [4.69, 9.17) is 16.6 Å². The fourth-order valence-corrected chi connectivity index (χ4v) is 10.9. The second-order valence-electron chi connectivity index (χ2n) is 16.1. The summed E-state index contributed by atoms with van der Waals surface area (Å²) in [4.78, 5) is 93.9. The molecule has 3 aliphatic rings. The van der Waals surface area contributed by atoms with Gasteiger partial charge < -0.3 is 0 Å². The molecule has 4 amide bonds. The third-order valence-electron chi connectivity index (χ3n) is 12.5. The molecule has 63 heavy (non-hydrogen) atoms. The highest BCUT2D eigenvalue weighted by molar-refractivity contribution is 7.98. The number of hydrogen-bond donors (Lipinski definition) is 0. The van der Waals surface area contributed by atoms with Crippen molar-refractivity contribution in [2.45, 2.75) is 37.0 Å². The van der Waals surface area contributed by atoms with E-state index in [0.717, 1.165) is 26.6 Å². The van der Waals surface area contributed by atoms with Crippen molar-refractivity contribution in [3.8, 4) is 0 Å². The van der Waals surface area contributed by atoms with Crippen molar-refractivity contribution in [1.82, 2.24) is 9.88 Å². The van der Waals surface area contributed by atoms with Gasteiger partial charge in [0.05, 0.1) is 39.6 Å². The number of carbonyl (C=O) groups is 6. The Hall–Kier alpha value is -7.27. The topological polar surface area (TPSA) is 122 Å². The molecule has 8 aromatic rings. The minimum absolute atomic E-state index is 0.114. The lowest BCUT2D eigenvalue weighted by Crippen LogP contribution is -2.39. The fraction of sp³-hybridized carbons (Fsp3) is 0.0962. The molecule has 3 heterocycles. The predicted octanol–water partition coefficient (Wildman–Crippen LogP) is 10.9. The van der Waals surface area contributed by atoms with Crippen molar-refractivity contribution < 1.29 is 28.8 Å². The first kappa shape index (κ1) is 38.6. The van der Waals surface area contributed by atoms with Gasteiger partial charge in [-0.25, -0.2) is 9.88 Å². The molecular weight excluding hydrogens is 830 g/mol. The smallest absolute Gasteiger partial charge is 0.266 e. The molecule has 0 atom stereocenters. The lowest BCUT2D eigenvalue weighted by Gasteiger charge is -2.28. The molecule has 0 fully saturated rings. The van der Waals surface area contributed by atoms with Crippen molar-refractivity contribution in [1.29, 1.82) is 0 Å². The van der Waals surface area contributed by atoms with E-state index in [1.165, 1.54) is 16.7 Å². The summed E-state index contributed by atoms with van der Waals surface area (Å²) in [5.74, 6) is -3.63. The summed E-state index contributed by atoms with van der Waals surface area (Å²) in [6.07, 6.45) is 0. The first-order valence-electron chi connectivity index (χ1n) is 20.3. The van der Waals surface area contributed by atoms with E-state index in [-0.39, 0.29) is 34.6 Å². The highest BCUT2D eigenvalue weighted by Crippen LogP contribution is 2.45. The lowest BCUT2D eigenvalue weighted by atomic mass is 9.93. The SMILES string of the molecule is Cc1c(Cl)c(SCc2ccccc2)c(C)c2c1C(=O)N(c1ccc(CN3C(=O)c4cccc5cccc(c45)C3=O)c3ccc(C4C(=O)c5cc6ccccc6cc5C4=O)nc13)C2=O. The van der Waals surface area contributed by atoms with Crippen LogP contribution >= 0.6 is 23.4 Å². The number of fused-ring (bicyclic) bond motifs is 4. The molecule has 0 N–H and O–H groups in total. The Kier molecular flexibility index (Phi) is 8.83. The Bertz CT molecular complexity index is 3350. The van der Waals surface area contributed by atoms with Gasteiger partial charge in [0.15, 0.2) is 11.6 Å². The number of pyridine rings is 1. The Labute approximate surface area is 369 Å². The summed E-state index contributed by atoms with van der Waals surface area (Å²) in [6.45, 7) is 3.34. The van der Waals surface area contributed by atoms with Gasteiger partial charge in [-0.2, -0.15) is 0 Å². The van der Waals surface area contributed by atoms with Crippen LogP contribution in [-0.4, -0.2) is 45.1 Å². The van der Waals surface area contributed by atoms with Gasteiger partial charge in [0.2, 0.25) is 0 Å². The average molecular weight is 862 g/mol. The van der Waals surface area contributed by atoms with Gasteiger partial charge in [0.25, 0.3) is 23.6 Å². The maximum Gasteiger partial charge on any atom is 0.266 e. The molecule has 0 bridgehead atoms. The summed E-state index contributed by atoms with van der Waals surface area (Å²) in [7, 11) is 0. The highest BCUT2D eigenvalue weighted by Gasteiger charge is 2.44. The highest BCUT2D eigenvalue weighted by atomic mass is 35.5. The summed E-state index contributed by atoms with van der Waals surface area (Å²) >= 11 is 8.48. The number of benzene rings is 7. The largest absolute Gasteiger partial charge is 0.293 e. The Balaban J connectivity index is 1.04. The molecule has 1 aromatic heterocycles. The Morgan fingerprint density at radius 3 is 1.83 bits per heavy atom. The van der Waals surface area contributed by atoms with E-state index in [1.807, 2.05) is 66.7 Å². The second-order valence-corrected chi connectivity index (χ2v) is 17.4. The number of hydrogen-bond acceptors (Lipinski definition) is 8. The zero-order valence-electron chi connectivity index (χ0n) is 33.7. The van der Waals surface area contributed by atoms with Gasteiger partial charge >= 0.3 is 0 Å². The monoisotopic (exact) mass is 861 g/mol. The molecule has 1 aliphatic carbocycles. The minimum Gasteiger partial charge on any atom is -0.293 e. The van der Waals surface area contributed by atoms with Crippen molar-refractivity contribution in [3.05, 3.63) is 194 Å². The molecule has 304 valence electrons. The number of aromatic nitrogens is 1. The number of amides is 4. The molecule has 0 saturated carbocycles. The maximum atomic E-state index is 14.8. The van der Waals surface area contributed by atoms with Crippen LogP contribution in [0.4, 0.5) is 5.69 Å². The van der Waals surface area contributed by atoms with Crippen LogP contribution in [0, 0.1) is 13.8 Å². The number of carbonyl (C=O) groups excluding carboxylic acids is 6. The first-order chi connectivity index (χ1) is 30.5. The molecular formula is C52H32ClN3O6S. The molecule has 7 aromatic carbocycles. The fourth-order valence-electron chi connectivity index (χ4n) is 9.40. The van der Waals surface area contributed by atoms with Crippen molar-refractivity contribution in [3.63, 3.8) is 0 Å². The number of halogens is 1. The van der Waals surface area contributed by atoms with E-state index in [1.54, 1.807) is 74.5 Å². The van der Waals surface area contributed by atoms with Gasteiger partial charge in [0.1, 0.15) is 5.92 Å². The van der Waals surface area contributed by atoms with E-state index in [9.17, 15) is 28.8 Å². The van der Waals surface area contributed by atoms with E-state index >= 15 is 0 Å². The molecule has 0 saturated heterocycles. The van der Waals surface area contributed by atoms with Crippen LogP contribution in [-0.2, 0) is 12.3 Å². The zero-order valence-corrected chi connectivity index (χ0v) is 35.3. The van der Waals surface area contributed by atoms with E-state index < -0.39 is 41.1 Å². The van der Waals surface area contributed by atoms with Gasteiger partial charge in [0, 0.05) is 43.7 Å². The number of anilines is 1. The minimum atomic E-state index is -1.28. The van der Waals surface area contributed by atoms with E-state index in [2.05, 4.69) is 0 Å². The number of imide groups is 2. The van der Waals surface area contributed by atoms with Crippen LogP contribution in [0.25, 0.3) is 32.4 Å². The molecule has 0 spiro atoms. The Morgan fingerprint density at radius 2 is 1.19 bits per heavy atom. The van der Waals surface area contributed by atoms with Crippen molar-refractivity contribution >= 4 is 96.7 Å². The third-order valence-corrected chi connectivity index (χ3v) is 14.4. The van der Waals surface area contributed by atoms with E-state index in [0.29, 0.717) is 65.4 Å². The van der Waals surface area contributed by atoms with Crippen LogP contribution in [0.1, 0.15) is 96.0 Å². The number of ketones is 2. The zero-order chi connectivity index (χ0) is 43.4.